The van der Waals surface area contributed by atoms with Crippen LogP contribution in [0.3, 0.4) is 0 Å². The molecule has 0 unspecified atom stereocenters. The van der Waals surface area contributed by atoms with Crippen molar-refractivity contribution in [2.75, 3.05) is 6.61 Å². The van der Waals surface area contributed by atoms with E-state index in [2.05, 4.69) is 0 Å². The van der Waals surface area contributed by atoms with Crippen molar-refractivity contribution in [1.82, 2.24) is 0 Å². The van der Waals surface area contributed by atoms with Crippen LogP contribution in [0.2, 0.25) is 0 Å². The molecule has 80 valence electrons. The number of carbonyl (C=O) groups is 3. The highest BCUT2D eigenvalue weighted by molar-refractivity contribution is 5.92. The van der Waals surface area contributed by atoms with Crippen LogP contribution >= 0.6 is 0 Å². The Morgan fingerprint density at radius 3 is 1.43 bits per heavy atom. The smallest absolute Gasteiger partial charge is 0.371 e. The SMILES string of the molecule is O=C(O)/C=C(/O)C(=O)O.O=C(O)CO. The normalized spacial score (nSPS) is 9.64. The third-order valence-corrected chi connectivity index (χ3v) is 0.615. The van der Waals surface area contributed by atoms with Gasteiger partial charge in [0, 0.05) is 0 Å². The fourth-order valence-electron chi connectivity index (χ4n) is 0.179. The molecule has 0 saturated heterocycles. The van der Waals surface area contributed by atoms with Crippen LogP contribution in [0.1, 0.15) is 0 Å². The molecular weight excluding hydrogens is 200 g/mol. The highest BCUT2D eigenvalue weighted by atomic mass is 16.4. The summed E-state index contributed by atoms with van der Waals surface area (Å²) in [5, 5.41) is 38.9. The summed E-state index contributed by atoms with van der Waals surface area (Å²) < 4.78 is 0. The molecule has 0 aliphatic carbocycles. The second-order valence-electron chi connectivity index (χ2n) is 1.72. The number of aliphatic hydroxyl groups is 2. The van der Waals surface area contributed by atoms with E-state index in [1.165, 1.54) is 0 Å². The maximum atomic E-state index is 9.65. The van der Waals surface area contributed by atoms with Gasteiger partial charge in [0.25, 0.3) is 0 Å². The Morgan fingerprint density at radius 2 is 1.36 bits per heavy atom. The third-order valence-electron chi connectivity index (χ3n) is 0.615. The third kappa shape index (κ3) is 12.6. The van der Waals surface area contributed by atoms with Crippen molar-refractivity contribution < 1.29 is 39.9 Å². The summed E-state index contributed by atoms with van der Waals surface area (Å²) in [5.41, 5.74) is 0. The lowest BCUT2D eigenvalue weighted by atomic mass is 10.4. The molecule has 0 rings (SSSR count). The Kier molecular flexibility index (Phi) is 7.79. The Hall–Kier alpha value is -2.09. The molecule has 0 aliphatic heterocycles. The van der Waals surface area contributed by atoms with E-state index in [4.69, 9.17) is 30.3 Å². The van der Waals surface area contributed by atoms with Crippen molar-refractivity contribution in [2.24, 2.45) is 0 Å². The average Bonchev–Trinajstić information content (AvgIpc) is 2.04. The monoisotopic (exact) mass is 208 g/mol. The molecule has 0 aromatic carbocycles. The molecule has 0 bridgehead atoms. The number of aliphatic carboxylic acids is 3. The van der Waals surface area contributed by atoms with Crippen LogP contribution < -0.4 is 0 Å². The molecule has 0 aromatic heterocycles. The Balaban J connectivity index is 0. The number of rotatable bonds is 3. The van der Waals surface area contributed by atoms with Gasteiger partial charge in [-0.25, -0.2) is 14.4 Å². The fourth-order valence-corrected chi connectivity index (χ4v) is 0.179. The van der Waals surface area contributed by atoms with Crippen molar-refractivity contribution in [3.05, 3.63) is 11.8 Å². The highest BCUT2D eigenvalue weighted by Gasteiger charge is 2.04. The quantitative estimate of drug-likeness (QED) is 0.282. The van der Waals surface area contributed by atoms with Crippen molar-refractivity contribution in [3.63, 3.8) is 0 Å². The van der Waals surface area contributed by atoms with Gasteiger partial charge in [-0.05, 0) is 0 Å². The summed E-state index contributed by atoms with van der Waals surface area (Å²) in [5.74, 6) is -5.51. The molecule has 0 radical (unpaired) electrons. The van der Waals surface area contributed by atoms with Crippen LogP contribution in [0.15, 0.2) is 11.8 Å². The van der Waals surface area contributed by atoms with Crippen LogP contribution in [0.25, 0.3) is 0 Å². The number of hydrogen-bond donors (Lipinski definition) is 5. The summed E-state index contributed by atoms with van der Waals surface area (Å²) in [7, 11) is 0. The predicted molar refractivity (Wildman–Crippen MR) is 40.7 cm³/mol. The molecule has 0 amide bonds. The zero-order valence-electron chi connectivity index (χ0n) is 6.75. The van der Waals surface area contributed by atoms with Crippen LogP contribution in [0.5, 0.6) is 0 Å². The molecule has 0 saturated carbocycles. The van der Waals surface area contributed by atoms with Crippen LogP contribution in [0, 0.1) is 0 Å². The summed E-state index contributed by atoms with van der Waals surface area (Å²) in [6.07, 6.45) is 0.197. The maximum absolute atomic E-state index is 9.65. The highest BCUT2D eigenvalue weighted by Crippen LogP contribution is 1.85. The minimum absolute atomic E-state index is 0.197. The van der Waals surface area contributed by atoms with Gasteiger partial charge in [0.2, 0.25) is 5.76 Å². The topological polar surface area (TPSA) is 152 Å². The van der Waals surface area contributed by atoms with Gasteiger partial charge >= 0.3 is 17.9 Å². The van der Waals surface area contributed by atoms with Crippen LogP contribution in [0.4, 0.5) is 0 Å². The molecule has 0 heterocycles. The van der Waals surface area contributed by atoms with Gasteiger partial charge in [0.15, 0.2) is 0 Å². The van der Waals surface area contributed by atoms with E-state index >= 15 is 0 Å². The standard InChI is InChI=1S/C4H4O5.C2H4O3/c5-2(4(8)9)1-3(6)7;3-1-2(4)5/h1,5H,(H,6,7)(H,8,9);3H,1H2,(H,4,5)/b2-1+;. The molecule has 0 aliphatic rings. The van der Waals surface area contributed by atoms with E-state index in [1.807, 2.05) is 0 Å². The van der Waals surface area contributed by atoms with E-state index in [1.54, 1.807) is 0 Å². The zero-order valence-corrected chi connectivity index (χ0v) is 6.75. The number of aliphatic hydroxyl groups excluding tert-OH is 2. The van der Waals surface area contributed by atoms with E-state index in [0.717, 1.165) is 0 Å². The van der Waals surface area contributed by atoms with Crippen molar-refractivity contribution in [1.29, 1.82) is 0 Å². The van der Waals surface area contributed by atoms with Crippen molar-refractivity contribution in [3.8, 4) is 0 Å². The lowest BCUT2D eigenvalue weighted by Gasteiger charge is -1.85. The minimum atomic E-state index is -1.66. The molecule has 0 fully saturated rings. The van der Waals surface area contributed by atoms with Crippen LogP contribution in [-0.4, -0.2) is 50.0 Å². The van der Waals surface area contributed by atoms with Gasteiger partial charge in [0.05, 0.1) is 6.08 Å². The molecule has 14 heavy (non-hydrogen) atoms. The lowest BCUT2D eigenvalue weighted by Crippen LogP contribution is -2.02. The van der Waals surface area contributed by atoms with E-state index < -0.39 is 30.3 Å². The summed E-state index contributed by atoms with van der Waals surface area (Å²) in [6, 6.07) is 0. The zero-order chi connectivity index (χ0) is 11.7. The molecule has 0 atom stereocenters. The van der Waals surface area contributed by atoms with Crippen molar-refractivity contribution >= 4 is 17.9 Å². The number of carboxylic acid groups (broad SMARTS) is 3. The number of hydrogen-bond acceptors (Lipinski definition) is 5. The van der Waals surface area contributed by atoms with Gasteiger partial charge in [-0.2, -0.15) is 0 Å². The molecular formula is C6H8O8. The Bertz CT molecular complexity index is 253. The van der Waals surface area contributed by atoms with E-state index in [-0.39, 0.29) is 6.08 Å². The lowest BCUT2D eigenvalue weighted by molar-refractivity contribution is -0.140. The average molecular weight is 208 g/mol. The van der Waals surface area contributed by atoms with E-state index in [9.17, 15) is 9.59 Å². The first-order chi connectivity index (χ1) is 6.31. The molecule has 0 spiro atoms. The molecule has 8 heteroatoms. The Morgan fingerprint density at radius 1 is 1.00 bits per heavy atom. The summed E-state index contributed by atoms with van der Waals surface area (Å²) in [6.45, 7) is -0.778. The predicted octanol–water partition coefficient (Wildman–Crippen LogP) is -1.34. The summed E-state index contributed by atoms with van der Waals surface area (Å²) >= 11 is 0. The summed E-state index contributed by atoms with van der Waals surface area (Å²) in [4.78, 5) is 28.4. The maximum Gasteiger partial charge on any atom is 0.371 e. The molecule has 5 N–H and O–H groups in total. The van der Waals surface area contributed by atoms with Gasteiger partial charge in [-0.3, -0.25) is 0 Å². The molecule has 8 nitrogen and oxygen atoms in total. The van der Waals surface area contributed by atoms with Gasteiger partial charge < -0.3 is 25.5 Å². The first-order valence-electron chi connectivity index (χ1n) is 3.00. The van der Waals surface area contributed by atoms with Gasteiger partial charge in [-0.1, -0.05) is 0 Å². The first kappa shape index (κ1) is 14.4. The van der Waals surface area contributed by atoms with E-state index in [0.29, 0.717) is 0 Å². The number of carboxylic acids is 3. The van der Waals surface area contributed by atoms with Crippen molar-refractivity contribution in [2.45, 2.75) is 0 Å². The minimum Gasteiger partial charge on any atom is -0.502 e. The van der Waals surface area contributed by atoms with Gasteiger partial charge in [0.1, 0.15) is 6.61 Å². The first-order valence-corrected chi connectivity index (χ1v) is 3.00. The van der Waals surface area contributed by atoms with Crippen LogP contribution in [-0.2, 0) is 14.4 Å². The molecule has 0 aromatic rings. The fraction of sp³-hybridized carbons (Fsp3) is 0.167. The largest absolute Gasteiger partial charge is 0.502 e. The Labute approximate surface area is 77.3 Å². The second kappa shape index (κ2) is 7.55. The van der Waals surface area contributed by atoms with Gasteiger partial charge in [-0.15, -0.1) is 0 Å². The second-order valence-corrected chi connectivity index (χ2v) is 1.72.